The van der Waals surface area contributed by atoms with E-state index in [9.17, 15) is 9.59 Å². The van der Waals surface area contributed by atoms with E-state index >= 15 is 0 Å². The molecular formula is C40H54N4O6. The summed E-state index contributed by atoms with van der Waals surface area (Å²) in [4.78, 5) is 34.8. The Hall–Kier alpha value is -4.28. The van der Waals surface area contributed by atoms with Crippen molar-refractivity contribution in [2.45, 2.75) is 71.3 Å². The summed E-state index contributed by atoms with van der Waals surface area (Å²) in [5, 5.41) is 6.22. The summed E-state index contributed by atoms with van der Waals surface area (Å²) in [7, 11) is 0. The van der Waals surface area contributed by atoms with Crippen molar-refractivity contribution < 1.29 is 28.6 Å². The predicted molar refractivity (Wildman–Crippen MR) is 197 cm³/mol. The number of fused-ring (bicyclic) bond motifs is 3. The minimum Gasteiger partial charge on any atom is -0.493 e. The highest BCUT2D eigenvalue weighted by Gasteiger charge is 2.31. The van der Waals surface area contributed by atoms with E-state index in [1.807, 2.05) is 36.4 Å². The monoisotopic (exact) mass is 686 g/mol. The fourth-order valence-corrected chi connectivity index (χ4v) is 6.77. The second-order valence-electron chi connectivity index (χ2n) is 13.1. The van der Waals surface area contributed by atoms with E-state index in [1.54, 1.807) is 6.07 Å². The topological polar surface area (TPSA) is 110 Å². The number of benzene rings is 3. The van der Waals surface area contributed by atoms with Gasteiger partial charge in [-0.05, 0) is 98.6 Å². The molecule has 1 fully saturated rings. The zero-order chi connectivity index (χ0) is 35.1. The van der Waals surface area contributed by atoms with Crippen LogP contribution >= 0.6 is 0 Å². The number of rotatable bonds is 19. The molecule has 0 spiro atoms. The van der Waals surface area contributed by atoms with Crippen molar-refractivity contribution in [1.29, 1.82) is 0 Å². The van der Waals surface area contributed by atoms with Gasteiger partial charge in [-0.25, -0.2) is 15.1 Å². The lowest BCUT2D eigenvalue weighted by Crippen LogP contribution is -2.45. The average molecular weight is 687 g/mol. The van der Waals surface area contributed by atoms with E-state index in [2.05, 4.69) is 66.1 Å². The van der Waals surface area contributed by atoms with Gasteiger partial charge in [0, 0.05) is 18.5 Å². The number of nitrogens with zero attached hydrogens (tertiary/aromatic N) is 1. The number of unbranched alkanes of at least 4 members (excludes halogenated alkanes) is 1. The molecule has 2 unspecified atom stereocenters. The Morgan fingerprint density at radius 1 is 0.920 bits per heavy atom. The van der Waals surface area contributed by atoms with Gasteiger partial charge in [-0.1, -0.05) is 75.7 Å². The highest BCUT2D eigenvalue weighted by molar-refractivity contribution is 5.82. The Bertz CT molecular complexity index is 1480. The molecule has 3 aromatic rings. The Kier molecular flexibility index (Phi) is 14.2. The van der Waals surface area contributed by atoms with Crippen molar-refractivity contribution in [1.82, 2.24) is 15.5 Å². The summed E-state index contributed by atoms with van der Waals surface area (Å²) >= 11 is 0. The summed E-state index contributed by atoms with van der Waals surface area (Å²) in [6, 6.07) is 20.9. The van der Waals surface area contributed by atoms with Gasteiger partial charge in [0.25, 0.3) is 0 Å². The van der Waals surface area contributed by atoms with E-state index in [-0.39, 0.29) is 18.4 Å². The van der Waals surface area contributed by atoms with Crippen LogP contribution in [0.3, 0.4) is 0 Å². The molecule has 10 nitrogen and oxygen atoms in total. The van der Waals surface area contributed by atoms with Gasteiger partial charge >= 0.3 is 12.1 Å². The van der Waals surface area contributed by atoms with Crippen molar-refractivity contribution in [2.75, 3.05) is 58.0 Å². The summed E-state index contributed by atoms with van der Waals surface area (Å²) in [5.41, 5.74) is 7.88. The summed E-state index contributed by atoms with van der Waals surface area (Å²) < 4.78 is 17.9. The number of ether oxygens (including phenoxy) is 3. The van der Waals surface area contributed by atoms with Crippen molar-refractivity contribution in [3.05, 3.63) is 77.9 Å². The third-order valence-electron chi connectivity index (χ3n) is 9.64. The standard InChI is InChI=1S/C40H54N4O6/c1-4-7-23-48-38-26-30(47-24-13-22-44(5-2)6-3)19-20-36(38)43-50-39(45)37(25-29-14-12-21-41-27-29)42-40(46)49-28-35-33-17-10-8-15-31(33)32-16-9-11-18-34(32)35/h8-11,15-20,26,29,35,37,41,43H,4-7,12-14,21-25,27-28H2,1-3H3,(H,42,46). The number of hydrogen-bond acceptors (Lipinski definition) is 9. The van der Waals surface area contributed by atoms with Crippen molar-refractivity contribution in [3.63, 3.8) is 0 Å². The number of piperidine rings is 1. The molecule has 0 saturated carbocycles. The molecule has 1 heterocycles. The first-order valence-electron chi connectivity index (χ1n) is 18.4. The molecule has 5 rings (SSSR count). The lowest BCUT2D eigenvalue weighted by atomic mass is 9.92. The highest BCUT2D eigenvalue weighted by atomic mass is 16.7. The first-order chi connectivity index (χ1) is 24.5. The minimum absolute atomic E-state index is 0.0804. The normalized spacial score (nSPS) is 15.9. The van der Waals surface area contributed by atoms with Crippen LogP contribution in [0.2, 0.25) is 0 Å². The van der Waals surface area contributed by atoms with Crippen LogP contribution in [0.5, 0.6) is 11.5 Å². The molecule has 1 aliphatic carbocycles. The SMILES string of the molecule is CCCCOc1cc(OCCCN(CC)CC)ccc1NOC(=O)C(CC1CCCNC1)NC(=O)OCC1c2ccccc2-c2ccccc21. The maximum atomic E-state index is 13.6. The second kappa shape index (κ2) is 19.2. The van der Waals surface area contributed by atoms with Gasteiger partial charge in [0.2, 0.25) is 0 Å². The Labute approximate surface area is 297 Å². The van der Waals surface area contributed by atoms with Gasteiger partial charge in [-0.2, -0.15) is 0 Å². The molecular weight excluding hydrogens is 632 g/mol. The fourth-order valence-electron chi connectivity index (χ4n) is 6.77. The van der Waals surface area contributed by atoms with Crippen LogP contribution in [-0.2, 0) is 14.4 Å². The molecule has 3 aromatic carbocycles. The lowest BCUT2D eigenvalue weighted by molar-refractivity contribution is -0.143. The molecule has 0 radical (unpaired) electrons. The molecule has 1 amide bonds. The first-order valence-corrected chi connectivity index (χ1v) is 18.4. The predicted octanol–water partition coefficient (Wildman–Crippen LogP) is 7.14. The van der Waals surface area contributed by atoms with E-state index in [0.29, 0.717) is 36.8 Å². The fraction of sp³-hybridized carbons (Fsp3) is 0.500. The van der Waals surface area contributed by atoms with Crippen LogP contribution in [0.15, 0.2) is 66.7 Å². The molecule has 10 heteroatoms. The lowest BCUT2D eigenvalue weighted by Gasteiger charge is -2.26. The number of alkyl carbamates (subject to hydrolysis) is 1. The molecule has 1 aliphatic heterocycles. The highest BCUT2D eigenvalue weighted by Crippen LogP contribution is 2.44. The average Bonchev–Trinajstić information content (AvgIpc) is 3.47. The molecule has 2 aliphatic rings. The third-order valence-corrected chi connectivity index (χ3v) is 9.64. The summed E-state index contributed by atoms with van der Waals surface area (Å²) in [5.74, 6) is 0.752. The molecule has 270 valence electrons. The number of amides is 1. The van der Waals surface area contributed by atoms with Crippen molar-refractivity contribution in [2.24, 2.45) is 5.92 Å². The van der Waals surface area contributed by atoms with Gasteiger partial charge in [-0.15, -0.1) is 0 Å². The van der Waals surface area contributed by atoms with Crippen LogP contribution in [0.4, 0.5) is 10.5 Å². The van der Waals surface area contributed by atoms with Gasteiger partial charge < -0.3 is 34.6 Å². The molecule has 0 aromatic heterocycles. The molecule has 0 bridgehead atoms. The number of carbonyl (C=O) groups excluding carboxylic acids is 2. The van der Waals surface area contributed by atoms with Crippen LogP contribution in [0.25, 0.3) is 11.1 Å². The van der Waals surface area contributed by atoms with Crippen LogP contribution in [-0.4, -0.2) is 75.5 Å². The molecule has 2 atom stereocenters. The Morgan fingerprint density at radius 3 is 2.32 bits per heavy atom. The van der Waals surface area contributed by atoms with Crippen molar-refractivity contribution in [3.8, 4) is 22.6 Å². The smallest absolute Gasteiger partial charge is 0.407 e. The minimum atomic E-state index is -0.902. The van der Waals surface area contributed by atoms with E-state index in [1.165, 1.54) is 0 Å². The second-order valence-corrected chi connectivity index (χ2v) is 13.1. The van der Waals surface area contributed by atoms with Gasteiger partial charge in [-0.3, -0.25) is 0 Å². The molecule has 1 saturated heterocycles. The Morgan fingerprint density at radius 2 is 1.64 bits per heavy atom. The maximum absolute atomic E-state index is 13.6. The summed E-state index contributed by atoms with van der Waals surface area (Å²) in [6.07, 6.45) is 4.54. The number of carbonyl (C=O) groups is 2. The van der Waals surface area contributed by atoms with Crippen molar-refractivity contribution >= 4 is 17.7 Å². The molecule has 50 heavy (non-hydrogen) atoms. The number of anilines is 1. The quantitative estimate of drug-likeness (QED) is 0.0895. The van der Waals surface area contributed by atoms with Gasteiger partial charge in [0.1, 0.15) is 29.8 Å². The third kappa shape index (κ3) is 10.1. The first kappa shape index (κ1) is 37.0. The molecule has 3 N–H and O–H groups in total. The van der Waals surface area contributed by atoms with E-state index < -0.39 is 18.1 Å². The van der Waals surface area contributed by atoms with E-state index in [0.717, 1.165) is 87.1 Å². The zero-order valence-corrected chi connectivity index (χ0v) is 29.9. The summed E-state index contributed by atoms with van der Waals surface area (Å²) in [6.45, 7) is 12.4. The maximum Gasteiger partial charge on any atom is 0.407 e. The van der Waals surface area contributed by atoms with Gasteiger partial charge in [0.15, 0.2) is 0 Å². The van der Waals surface area contributed by atoms with Gasteiger partial charge in [0.05, 0.1) is 13.2 Å². The van der Waals surface area contributed by atoms with E-state index in [4.69, 9.17) is 19.0 Å². The van der Waals surface area contributed by atoms with Crippen LogP contribution < -0.4 is 25.6 Å². The van der Waals surface area contributed by atoms with Crippen LogP contribution in [0, 0.1) is 5.92 Å². The largest absolute Gasteiger partial charge is 0.493 e. The number of nitrogens with one attached hydrogen (secondary N) is 3. The Balaban J connectivity index is 1.21. The zero-order valence-electron chi connectivity index (χ0n) is 29.9. The number of hydrogen-bond donors (Lipinski definition) is 3. The van der Waals surface area contributed by atoms with Crippen LogP contribution in [0.1, 0.15) is 76.3 Å².